The van der Waals surface area contributed by atoms with Crippen LogP contribution in [0.15, 0.2) is 54.2 Å². The average molecular weight is 503 g/mol. The maximum atomic E-state index is 11.6. The Morgan fingerprint density at radius 3 is 2.69 bits per heavy atom. The lowest BCUT2D eigenvalue weighted by Gasteiger charge is -2.25. The van der Waals surface area contributed by atoms with Gasteiger partial charge in [0.15, 0.2) is 0 Å². The molecule has 1 aliphatic carbocycles. The molecule has 0 spiro atoms. The monoisotopic (exact) mass is 502 g/mol. The van der Waals surface area contributed by atoms with Crippen LogP contribution in [-0.2, 0) is 4.79 Å². The van der Waals surface area contributed by atoms with E-state index in [0.717, 1.165) is 64.1 Å². The fourth-order valence-corrected chi connectivity index (χ4v) is 6.04. The maximum Gasteiger partial charge on any atom is 0.220 e. The number of carbonyl (C=O) groups excluding carboxylic acids is 1. The van der Waals surface area contributed by atoms with Gasteiger partial charge < -0.3 is 11.5 Å². The predicted molar refractivity (Wildman–Crippen MR) is 140 cm³/mol. The molecule has 9 heteroatoms. The highest BCUT2D eigenvalue weighted by Gasteiger charge is 2.30. The molecule has 5 aromatic rings. The summed E-state index contributed by atoms with van der Waals surface area (Å²) in [6, 6.07) is 12.0. The Hall–Kier alpha value is -3.49. The average Bonchev–Trinajstić information content (AvgIpc) is 3.53. The summed E-state index contributed by atoms with van der Waals surface area (Å²) in [6.07, 6.45) is 6.77. The van der Waals surface area contributed by atoms with E-state index in [0.29, 0.717) is 16.5 Å². The van der Waals surface area contributed by atoms with Gasteiger partial charge in [0.05, 0.1) is 21.1 Å². The van der Waals surface area contributed by atoms with E-state index in [1.807, 2.05) is 46.3 Å². The molecule has 176 valence electrons. The topological polar surface area (TPSA) is 112 Å². The lowest BCUT2D eigenvalue weighted by molar-refractivity contribution is -0.122. The minimum Gasteiger partial charge on any atom is -0.382 e. The summed E-state index contributed by atoms with van der Waals surface area (Å²) in [5.74, 6) is 1.20. The molecule has 0 bridgehead atoms. The highest BCUT2D eigenvalue weighted by molar-refractivity contribution is 7.13. The van der Waals surface area contributed by atoms with Gasteiger partial charge >= 0.3 is 0 Å². The fraction of sp³-hybridized carbons (Fsp3) is 0.231. The van der Waals surface area contributed by atoms with Gasteiger partial charge in [-0.3, -0.25) is 9.20 Å². The first-order valence-corrected chi connectivity index (χ1v) is 12.8. The summed E-state index contributed by atoms with van der Waals surface area (Å²) in [5.41, 5.74) is 15.8. The van der Waals surface area contributed by atoms with Crippen molar-refractivity contribution in [3.8, 4) is 21.8 Å². The summed E-state index contributed by atoms with van der Waals surface area (Å²) >= 11 is 8.45. The number of fused-ring (bicyclic) bond motifs is 2. The van der Waals surface area contributed by atoms with Crippen LogP contribution in [0.25, 0.3) is 38.2 Å². The number of hydrogen-bond donors (Lipinski definition) is 2. The number of halogens is 1. The van der Waals surface area contributed by atoms with E-state index in [4.69, 9.17) is 33.0 Å². The molecule has 0 saturated heterocycles. The van der Waals surface area contributed by atoms with E-state index in [9.17, 15) is 4.79 Å². The number of thiophene rings is 1. The molecule has 0 radical (unpaired) electrons. The number of benzene rings is 1. The number of nitrogen functional groups attached to an aromatic ring is 1. The van der Waals surface area contributed by atoms with Gasteiger partial charge in [-0.05, 0) is 55.3 Å². The number of amides is 1. The Kier molecular flexibility index (Phi) is 5.42. The Labute approximate surface area is 210 Å². The molecule has 0 atom stereocenters. The normalized spacial score (nSPS) is 18.3. The third-order valence-electron chi connectivity index (χ3n) is 6.91. The van der Waals surface area contributed by atoms with Crippen LogP contribution in [0.5, 0.6) is 0 Å². The molecule has 4 N–H and O–H groups in total. The second-order valence-corrected chi connectivity index (χ2v) is 10.4. The van der Waals surface area contributed by atoms with Crippen molar-refractivity contribution in [1.82, 2.24) is 19.4 Å². The second-order valence-electron chi connectivity index (χ2n) is 9.00. The van der Waals surface area contributed by atoms with E-state index in [1.54, 1.807) is 17.5 Å². The number of aromatic nitrogens is 4. The Morgan fingerprint density at radius 2 is 1.94 bits per heavy atom. The highest BCUT2D eigenvalue weighted by Crippen LogP contribution is 2.41. The summed E-state index contributed by atoms with van der Waals surface area (Å²) < 4.78 is 2.02. The maximum absolute atomic E-state index is 11.6. The first-order valence-electron chi connectivity index (χ1n) is 11.6. The van der Waals surface area contributed by atoms with E-state index < -0.39 is 0 Å². The molecule has 1 fully saturated rings. The van der Waals surface area contributed by atoms with Crippen LogP contribution in [0.3, 0.4) is 0 Å². The van der Waals surface area contributed by atoms with E-state index in [1.165, 1.54) is 0 Å². The lowest BCUT2D eigenvalue weighted by atomic mass is 9.81. The zero-order chi connectivity index (χ0) is 24.1. The van der Waals surface area contributed by atoms with Crippen LogP contribution in [0.2, 0.25) is 5.02 Å². The number of imidazole rings is 1. The van der Waals surface area contributed by atoms with Crippen molar-refractivity contribution >= 4 is 51.1 Å². The van der Waals surface area contributed by atoms with E-state index in [2.05, 4.69) is 11.1 Å². The Bertz CT molecular complexity index is 1570. The van der Waals surface area contributed by atoms with Crippen molar-refractivity contribution in [1.29, 1.82) is 0 Å². The SMILES string of the molecule is NC(=O)C1CCC(c2nc(-c3cc4nc(-c5cccs5)ccc4cc3Cl)c3c(N)nccn23)CC1. The molecule has 0 aliphatic heterocycles. The molecular formula is C26H23ClN6OS. The van der Waals surface area contributed by atoms with Gasteiger partial charge in [-0.15, -0.1) is 11.3 Å². The first kappa shape index (κ1) is 22.0. The van der Waals surface area contributed by atoms with Crippen molar-refractivity contribution < 1.29 is 4.79 Å². The first-order chi connectivity index (χ1) is 17.0. The molecule has 1 aliphatic rings. The quantitative estimate of drug-likeness (QED) is 0.329. The predicted octanol–water partition coefficient (Wildman–Crippen LogP) is 5.67. The molecule has 1 aromatic carbocycles. The van der Waals surface area contributed by atoms with Gasteiger partial charge in [0.2, 0.25) is 5.91 Å². The standard InChI is InChI=1S/C26H23ClN6OS/c27-18-12-16-7-8-19(21-2-1-11-35-21)31-20(16)13-17(18)22-23-24(28)30-9-10-33(23)26(32-22)15-5-3-14(4-6-15)25(29)34/h1-2,7-15H,3-6H2,(H2,28,30)(H2,29,34). The fourth-order valence-electron chi connectivity index (χ4n) is 5.09. The van der Waals surface area contributed by atoms with E-state index >= 15 is 0 Å². The van der Waals surface area contributed by atoms with Gasteiger partial charge in [-0.1, -0.05) is 23.7 Å². The molecule has 4 heterocycles. The smallest absolute Gasteiger partial charge is 0.220 e. The molecule has 35 heavy (non-hydrogen) atoms. The van der Waals surface area contributed by atoms with Crippen LogP contribution >= 0.6 is 22.9 Å². The summed E-state index contributed by atoms with van der Waals surface area (Å²) in [5, 5.41) is 3.58. The van der Waals surface area contributed by atoms with E-state index in [-0.39, 0.29) is 17.7 Å². The third kappa shape index (κ3) is 3.83. The van der Waals surface area contributed by atoms with Gasteiger partial charge in [-0.2, -0.15) is 0 Å². The number of pyridine rings is 1. The Morgan fingerprint density at radius 1 is 1.11 bits per heavy atom. The van der Waals surface area contributed by atoms with Crippen molar-refractivity contribution in [2.75, 3.05) is 5.73 Å². The minimum atomic E-state index is -0.220. The van der Waals surface area contributed by atoms with Crippen molar-refractivity contribution in [2.45, 2.75) is 31.6 Å². The number of rotatable bonds is 4. The highest BCUT2D eigenvalue weighted by atomic mass is 35.5. The number of nitrogens with two attached hydrogens (primary N) is 2. The van der Waals surface area contributed by atoms with Crippen LogP contribution in [0.1, 0.15) is 37.4 Å². The number of primary amides is 1. The van der Waals surface area contributed by atoms with Crippen LogP contribution in [0.4, 0.5) is 5.82 Å². The van der Waals surface area contributed by atoms with Crippen molar-refractivity contribution in [2.24, 2.45) is 11.7 Å². The largest absolute Gasteiger partial charge is 0.382 e. The summed E-state index contributed by atoms with van der Waals surface area (Å²) in [6.45, 7) is 0. The summed E-state index contributed by atoms with van der Waals surface area (Å²) in [7, 11) is 0. The minimum absolute atomic E-state index is 0.0674. The molecule has 1 saturated carbocycles. The molecule has 0 unspecified atom stereocenters. The third-order valence-corrected chi connectivity index (χ3v) is 8.12. The van der Waals surface area contributed by atoms with Crippen LogP contribution < -0.4 is 11.5 Å². The van der Waals surface area contributed by atoms with Gasteiger partial charge in [0.1, 0.15) is 22.9 Å². The number of hydrogen-bond acceptors (Lipinski definition) is 6. The Balaban J connectivity index is 1.48. The zero-order valence-corrected chi connectivity index (χ0v) is 20.4. The van der Waals surface area contributed by atoms with Gasteiger partial charge in [0, 0.05) is 35.2 Å². The van der Waals surface area contributed by atoms with Gasteiger partial charge in [0.25, 0.3) is 0 Å². The number of carbonyl (C=O) groups is 1. The molecule has 7 nitrogen and oxygen atoms in total. The van der Waals surface area contributed by atoms with Crippen molar-refractivity contribution in [3.05, 3.63) is 65.0 Å². The second kappa shape index (κ2) is 8.62. The summed E-state index contributed by atoms with van der Waals surface area (Å²) in [4.78, 5) is 27.0. The molecule has 4 aromatic heterocycles. The lowest BCUT2D eigenvalue weighted by Crippen LogP contribution is -2.27. The van der Waals surface area contributed by atoms with Crippen LogP contribution in [0, 0.1) is 5.92 Å². The molecular weight excluding hydrogens is 480 g/mol. The molecule has 6 rings (SSSR count). The van der Waals surface area contributed by atoms with Gasteiger partial charge in [-0.25, -0.2) is 15.0 Å². The zero-order valence-electron chi connectivity index (χ0n) is 18.8. The number of nitrogens with zero attached hydrogens (tertiary/aromatic N) is 4. The van der Waals surface area contributed by atoms with Crippen LogP contribution in [-0.4, -0.2) is 25.3 Å². The number of anilines is 1. The molecule has 1 amide bonds. The van der Waals surface area contributed by atoms with Crippen molar-refractivity contribution in [3.63, 3.8) is 0 Å².